The molecule has 0 saturated heterocycles. The third-order valence-electron chi connectivity index (χ3n) is 1.74. The molecule has 1 rings (SSSR count). The Bertz CT molecular complexity index is 124. The monoisotopic (exact) mass is 174 g/mol. The summed E-state index contributed by atoms with van der Waals surface area (Å²) in [5.41, 5.74) is 0. The maximum Gasteiger partial charge on any atom is 0.0890 e. The Morgan fingerprint density at radius 1 is 1.25 bits per heavy atom. The molecule has 0 aromatic heterocycles. The molecular formula is C8H22N4. The van der Waals surface area contributed by atoms with E-state index in [0.717, 1.165) is 6.67 Å². The highest BCUT2D eigenvalue weighted by molar-refractivity contribution is 4.88. The predicted octanol–water partition coefficient (Wildman–Crippen LogP) is 1.79. The van der Waals surface area contributed by atoms with E-state index in [4.69, 9.17) is 0 Å². The number of nitrogens with zero attached hydrogens (tertiary/aromatic N) is 2. The number of unbranched alkanes of at least 4 members (excludes halogenated alkanes) is 1. The number of hydrogen-bond acceptors (Lipinski definition) is 4. The summed E-state index contributed by atoms with van der Waals surface area (Å²) in [6, 6.07) is 0. The first kappa shape index (κ1) is 13.8. The summed E-state index contributed by atoms with van der Waals surface area (Å²) < 4.78 is 0. The van der Waals surface area contributed by atoms with Crippen LogP contribution in [0.15, 0.2) is 12.4 Å². The van der Waals surface area contributed by atoms with Gasteiger partial charge in [-0.3, -0.25) is 0 Å². The van der Waals surface area contributed by atoms with Crippen LogP contribution in [-0.2, 0) is 0 Å². The molecule has 1 aliphatic rings. The van der Waals surface area contributed by atoms with Gasteiger partial charge in [0.1, 0.15) is 0 Å². The molecule has 0 radical (unpaired) electrons. The van der Waals surface area contributed by atoms with Crippen molar-refractivity contribution in [3.05, 3.63) is 12.4 Å². The molecule has 4 heteroatoms. The standard InChI is InChI=1S/C8H16N2.2H3N/c1-3-4-5-10-7-6-9(2)8-10;;/h6-7H,3-5,8H2,1-2H3;2*1H3. The molecular weight excluding hydrogens is 152 g/mol. The number of rotatable bonds is 3. The Balaban J connectivity index is 0. The molecule has 0 amide bonds. The zero-order valence-corrected chi connectivity index (χ0v) is 8.29. The molecule has 0 aromatic rings. The molecule has 0 fully saturated rings. The average Bonchev–Trinajstić information content (AvgIpc) is 2.31. The topological polar surface area (TPSA) is 76.5 Å². The van der Waals surface area contributed by atoms with Crippen LogP contribution in [0.5, 0.6) is 0 Å². The third-order valence-corrected chi connectivity index (χ3v) is 1.74. The summed E-state index contributed by atoms with van der Waals surface area (Å²) in [6.07, 6.45) is 6.87. The van der Waals surface area contributed by atoms with Crippen molar-refractivity contribution in [1.29, 1.82) is 0 Å². The lowest BCUT2D eigenvalue weighted by Gasteiger charge is -2.17. The normalized spacial score (nSPS) is 14.2. The van der Waals surface area contributed by atoms with Crippen molar-refractivity contribution < 1.29 is 0 Å². The van der Waals surface area contributed by atoms with Crippen LogP contribution >= 0.6 is 0 Å². The largest absolute Gasteiger partial charge is 0.362 e. The Kier molecular flexibility index (Phi) is 7.99. The van der Waals surface area contributed by atoms with Crippen molar-refractivity contribution in [3.8, 4) is 0 Å². The molecule has 1 heterocycles. The molecule has 1 aliphatic heterocycles. The molecule has 0 spiro atoms. The van der Waals surface area contributed by atoms with Crippen LogP contribution in [0.1, 0.15) is 19.8 Å². The Morgan fingerprint density at radius 2 is 1.92 bits per heavy atom. The van der Waals surface area contributed by atoms with Gasteiger partial charge in [-0.25, -0.2) is 0 Å². The van der Waals surface area contributed by atoms with Gasteiger partial charge < -0.3 is 22.1 Å². The van der Waals surface area contributed by atoms with Gasteiger partial charge in [0.05, 0.1) is 6.67 Å². The minimum absolute atomic E-state index is 0. The molecule has 0 atom stereocenters. The summed E-state index contributed by atoms with van der Waals surface area (Å²) in [7, 11) is 2.10. The maximum absolute atomic E-state index is 2.34. The lowest BCUT2D eigenvalue weighted by molar-refractivity contribution is 0.293. The van der Waals surface area contributed by atoms with Crippen LogP contribution in [0.3, 0.4) is 0 Å². The molecule has 0 unspecified atom stereocenters. The van der Waals surface area contributed by atoms with E-state index in [1.165, 1.54) is 19.4 Å². The van der Waals surface area contributed by atoms with Gasteiger partial charge in [0.25, 0.3) is 0 Å². The van der Waals surface area contributed by atoms with Crippen molar-refractivity contribution in [3.63, 3.8) is 0 Å². The second-order valence-electron chi connectivity index (χ2n) is 2.86. The minimum Gasteiger partial charge on any atom is -0.362 e. The molecule has 0 bridgehead atoms. The quantitative estimate of drug-likeness (QED) is 0.683. The van der Waals surface area contributed by atoms with Gasteiger partial charge in [0.2, 0.25) is 0 Å². The van der Waals surface area contributed by atoms with E-state index in [0.29, 0.717) is 0 Å². The molecule has 6 N–H and O–H groups in total. The molecule has 0 aromatic carbocycles. The van der Waals surface area contributed by atoms with Crippen molar-refractivity contribution >= 4 is 0 Å². The highest BCUT2D eigenvalue weighted by Gasteiger charge is 2.05. The Labute approximate surface area is 75.4 Å². The second kappa shape index (κ2) is 6.94. The van der Waals surface area contributed by atoms with Crippen LogP contribution in [0.4, 0.5) is 0 Å². The highest BCUT2D eigenvalue weighted by atomic mass is 15.3. The second-order valence-corrected chi connectivity index (χ2v) is 2.86. The smallest absolute Gasteiger partial charge is 0.0890 e. The predicted molar refractivity (Wildman–Crippen MR) is 53.4 cm³/mol. The zero-order valence-electron chi connectivity index (χ0n) is 8.29. The van der Waals surface area contributed by atoms with Crippen molar-refractivity contribution in [2.75, 3.05) is 20.3 Å². The van der Waals surface area contributed by atoms with Gasteiger partial charge in [-0.05, 0) is 6.42 Å². The van der Waals surface area contributed by atoms with Gasteiger partial charge in [0, 0.05) is 26.0 Å². The van der Waals surface area contributed by atoms with Gasteiger partial charge >= 0.3 is 0 Å². The van der Waals surface area contributed by atoms with E-state index in [9.17, 15) is 0 Å². The van der Waals surface area contributed by atoms with Crippen molar-refractivity contribution in [2.24, 2.45) is 0 Å². The van der Waals surface area contributed by atoms with Crippen LogP contribution < -0.4 is 12.3 Å². The summed E-state index contributed by atoms with van der Waals surface area (Å²) in [6.45, 7) is 4.50. The molecule has 74 valence electrons. The molecule has 0 saturated carbocycles. The zero-order chi connectivity index (χ0) is 7.40. The van der Waals surface area contributed by atoms with E-state index >= 15 is 0 Å². The number of hydrogen-bond donors (Lipinski definition) is 2. The Morgan fingerprint density at radius 3 is 2.33 bits per heavy atom. The lowest BCUT2D eigenvalue weighted by Crippen LogP contribution is -2.23. The first-order valence-corrected chi connectivity index (χ1v) is 3.95. The molecule has 12 heavy (non-hydrogen) atoms. The van der Waals surface area contributed by atoms with Gasteiger partial charge in [-0.1, -0.05) is 13.3 Å². The van der Waals surface area contributed by atoms with Crippen LogP contribution in [0, 0.1) is 0 Å². The van der Waals surface area contributed by atoms with E-state index < -0.39 is 0 Å². The third kappa shape index (κ3) is 4.20. The summed E-state index contributed by atoms with van der Waals surface area (Å²) in [5, 5.41) is 0. The maximum atomic E-state index is 2.34. The van der Waals surface area contributed by atoms with E-state index in [1.54, 1.807) is 0 Å². The summed E-state index contributed by atoms with van der Waals surface area (Å²) in [4.78, 5) is 4.53. The molecule has 4 nitrogen and oxygen atoms in total. The van der Waals surface area contributed by atoms with Crippen LogP contribution in [0.2, 0.25) is 0 Å². The van der Waals surface area contributed by atoms with Crippen LogP contribution in [-0.4, -0.2) is 30.1 Å². The Hall–Kier alpha value is -0.740. The summed E-state index contributed by atoms with van der Waals surface area (Å²) in [5.74, 6) is 0. The highest BCUT2D eigenvalue weighted by Crippen LogP contribution is 2.04. The van der Waals surface area contributed by atoms with E-state index in [2.05, 4.69) is 36.2 Å². The van der Waals surface area contributed by atoms with E-state index in [-0.39, 0.29) is 12.3 Å². The van der Waals surface area contributed by atoms with Crippen molar-refractivity contribution in [1.82, 2.24) is 22.1 Å². The van der Waals surface area contributed by atoms with Gasteiger partial charge in [0.15, 0.2) is 0 Å². The van der Waals surface area contributed by atoms with Crippen LogP contribution in [0.25, 0.3) is 0 Å². The SMILES string of the molecule is CCCCN1C=CN(C)C1.N.N. The first-order valence-electron chi connectivity index (χ1n) is 3.95. The lowest BCUT2D eigenvalue weighted by atomic mass is 10.3. The van der Waals surface area contributed by atoms with E-state index in [1.807, 2.05) is 0 Å². The fourth-order valence-electron chi connectivity index (χ4n) is 1.10. The average molecular weight is 174 g/mol. The van der Waals surface area contributed by atoms with Gasteiger partial charge in [-0.2, -0.15) is 0 Å². The van der Waals surface area contributed by atoms with Gasteiger partial charge in [-0.15, -0.1) is 0 Å². The summed E-state index contributed by atoms with van der Waals surface area (Å²) >= 11 is 0. The first-order chi connectivity index (χ1) is 4.83. The minimum atomic E-state index is 0. The van der Waals surface area contributed by atoms with Crippen molar-refractivity contribution in [2.45, 2.75) is 19.8 Å². The fraction of sp³-hybridized carbons (Fsp3) is 0.750. The molecule has 0 aliphatic carbocycles. The fourth-order valence-corrected chi connectivity index (χ4v) is 1.10.